The van der Waals surface area contributed by atoms with Crippen molar-refractivity contribution < 1.29 is 23.1 Å². The summed E-state index contributed by atoms with van der Waals surface area (Å²) in [5.41, 5.74) is 2.05. The predicted octanol–water partition coefficient (Wildman–Crippen LogP) is 4.85. The van der Waals surface area contributed by atoms with Crippen molar-refractivity contribution in [3.63, 3.8) is 0 Å². The molecule has 2 aromatic rings. The van der Waals surface area contributed by atoms with Gasteiger partial charge < -0.3 is 15.0 Å². The molecule has 166 valence electrons. The minimum absolute atomic E-state index is 0.129. The number of benzene rings is 2. The van der Waals surface area contributed by atoms with Gasteiger partial charge in [-0.1, -0.05) is 19.1 Å². The van der Waals surface area contributed by atoms with Gasteiger partial charge in [-0.15, -0.1) is 11.8 Å². The molecule has 0 bridgehead atoms. The lowest BCUT2D eigenvalue weighted by Crippen LogP contribution is -2.46. The van der Waals surface area contributed by atoms with Gasteiger partial charge in [-0.3, -0.25) is 9.59 Å². The summed E-state index contributed by atoms with van der Waals surface area (Å²) < 4.78 is 29.3. The first kappa shape index (κ1) is 23.2. The van der Waals surface area contributed by atoms with E-state index in [2.05, 4.69) is 17.0 Å². The molecule has 1 saturated heterocycles. The van der Waals surface area contributed by atoms with Crippen LogP contribution in [0.25, 0.3) is 0 Å². The molecule has 1 aliphatic heterocycles. The summed E-state index contributed by atoms with van der Waals surface area (Å²) in [4.78, 5) is 27.6. The summed E-state index contributed by atoms with van der Waals surface area (Å²) in [6.45, 7) is -0.578. The highest BCUT2D eigenvalue weighted by Crippen LogP contribution is 2.27. The molecule has 0 radical (unpaired) electrons. The molecule has 0 saturated carbocycles. The van der Waals surface area contributed by atoms with E-state index in [0.29, 0.717) is 37.1 Å². The molecule has 0 spiro atoms. The summed E-state index contributed by atoms with van der Waals surface area (Å²) in [5.74, 6) is 0.659. The van der Waals surface area contributed by atoms with Crippen molar-refractivity contribution in [3.05, 3.63) is 59.7 Å². The lowest BCUT2D eigenvalue weighted by Gasteiger charge is -2.35. The number of carbonyl (C=O) groups is 2. The van der Waals surface area contributed by atoms with E-state index >= 15 is 0 Å². The third-order valence-electron chi connectivity index (χ3n) is 5.07. The molecule has 0 aromatic heterocycles. The molecular weight excluding hydrogens is 422 g/mol. The Morgan fingerprint density at radius 1 is 1.19 bits per heavy atom. The van der Waals surface area contributed by atoms with E-state index in [9.17, 15) is 18.4 Å². The molecule has 1 N–H and O–H groups in total. The second-order valence-electron chi connectivity index (χ2n) is 7.21. The monoisotopic (exact) mass is 448 g/mol. The van der Waals surface area contributed by atoms with Gasteiger partial charge in [-0.2, -0.15) is 8.78 Å². The Bertz CT molecular complexity index is 875. The molecule has 1 atom stereocenters. The Morgan fingerprint density at radius 3 is 2.55 bits per heavy atom. The molecule has 5 nitrogen and oxygen atoms in total. The standard InChI is InChI=1S/C23H26F2N2O3S/c1-2-31-20-12-6-16(7-13-20)14-26-22(29)17-8-10-18(11-9-17)27-19(15-30-23(24)25)4-3-5-21(27)28/h6-13,19,23H,2-5,14-15H2,1H3,(H,26,29). The highest BCUT2D eigenvalue weighted by Gasteiger charge is 2.30. The molecule has 2 aromatic carbocycles. The first-order valence-electron chi connectivity index (χ1n) is 10.3. The van der Waals surface area contributed by atoms with E-state index in [0.717, 1.165) is 11.3 Å². The van der Waals surface area contributed by atoms with E-state index in [1.165, 1.54) is 9.80 Å². The van der Waals surface area contributed by atoms with Crippen LogP contribution in [0.5, 0.6) is 0 Å². The molecule has 1 fully saturated rings. The quantitative estimate of drug-likeness (QED) is 0.557. The molecule has 1 unspecified atom stereocenters. The van der Waals surface area contributed by atoms with Gasteiger partial charge in [0, 0.05) is 29.1 Å². The van der Waals surface area contributed by atoms with Crippen LogP contribution in [0.4, 0.5) is 14.5 Å². The van der Waals surface area contributed by atoms with Crippen LogP contribution < -0.4 is 10.2 Å². The van der Waals surface area contributed by atoms with Gasteiger partial charge in [0.05, 0.1) is 12.6 Å². The third kappa shape index (κ3) is 6.51. The summed E-state index contributed by atoms with van der Waals surface area (Å²) in [5, 5.41) is 2.89. The number of thioether (sulfide) groups is 1. The minimum atomic E-state index is -2.87. The van der Waals surface area contributed by atoms with Crippen LogP contribution >= 0.6 is 11.8 Å². The van der Waals surface area contributed by atoms with Crippen LogP contribution in [0.1, 0.15) is 42.1 Å². The number of piperidine rings is 1. The fourth-order valence-corrected chi connectivity index (χ4v) is 4.23. The van der Waals surface area contributed by atoms with Crippen LogP contribution in [0.15, 0.2) is 53.4 Å². The second kappa shape index (κ2) is 11.2. The SMILES string of the molecule is CCSc1ccc(CNC(=O)c2ccc(N3C(=O)CCCC3COC(F)F)cc2)cc1. The summed E-state index contributed by atoms with van der Waals surface area (Å²) in [6.07, 6.45) is 1.60. The maximum Gasteiger partial charge on any atom is 0.345 e. The van der Waals surface area contributed by atoms with Crippen molar-refractivity contribution in [3.8, 4) is 0 Å². The number of rotatable bonds is 9. The summed E-state index contributed by atoms with van der Waals surface area (Å²) >= 11 is 1.76. The van der Waals surface area contributed by atoms with E-state index in [4.69, 9.17) is 0 Å². The van der Waals surface area contributed by atoms with E-state index in [1.807, 2.05) is 24.3 Å². The van der Waals surface area contributed by atoms with Gasteiger partial charge >= 0.3 is 6.61 Å². The largest absolute Gasteiger partial charge is 0.348 e. The Morgan fingerprint density at radius 2 is 1.90 bits per heavy atom. The lowest BCUT2D eigenvalue weighted by atomic mass is 10.0. The first-order chi connectivity index (χ1) is 15.0. The summed E-state index contributed by atoms with van der Waals surface area (Å²) in [7, 11) is 0. The van der Waals surface area contributed by atoms with Crippen molar-refractivity contribution in [2.45, 2.75) is 50.3 Å². The van der Waals surface area contributed by atoms with Crippen molar-refractivity contribution in [2.24, 2.45) is 0 Å². The molecule has 31 heavy (non-hydrogen) atoms. The Labute approximate surface area is 185 Å². The third-order valence-corrected chi connectivity index (χ3v) is 5.97. The number of hydrogen-bond donors (Lipinski definition) is 1. The number of anilines is 1. The van der Waals surface area contributed by atoms with Crippen molar-refractivity contribution in [1.29, 1.82) is 0 Å². The number of ether oxygens (including phenoxy) is 1. The molecule has 8 heteroatoms. The number of alkyl halides is 2. The zero-order valence-corrected chi connectivity index (χ0v) is 18.2. The number of halogens is 2. The van der Waals surface area contributed by atoms with Gasteiger partial charge in [0.25, 0.3) is 5.91 Å². The highest BCUT2D eigenvalue weighted by molar-refractivity contribution is 7.99. The Kier molecular flexibility index (Phi) is 8.43. The zero-order chi connectivity index (χ0) is 22.2. The Hall–Kier alpha value is -2.45. The van der Waals surface area contributed by atoms with E-state index in [1.54, 1.807) is 36.0 Å². The van der Waals surface area contributed by atoms with E-state index < -0.39 is 12.7 Å². The van der Waals surface area contributed by atoms with Crippen LogP contribution in [0, 0.1) is 0 Å². The zero-order valence-electron chi connectivity index (χ0n) is 17.4. The molecule has 3 rings (SSSR count). The molecular formula is C23H26F2N2O3S. The molecule has 1 heterocycles. The van der Waals surface area contributed by atoms with Crippen LogP contribution in [-0.4, -0.2) is 36.8 Å². The number of amides is 2. The molecule has 1 aliphatic rings. The van der Waals surface area contributed by atoms with Gasteiger partial charge in [-0.25, -0.2) is 0 Å². The number of carbonyl (C=O) groups excluding carboxylic acids is 2. The van der Waals surface area contributed by atoms with Crippen molar-refractivity contribution >= 4 is 29.3 Å². The maximum absolute atomic E-state index is 12.5. The number of hydrogen-bond acceptors (Lipinski definition) is 4. The lowest BCUT2D eigenvalue weighted by molar-refractivity contribution is -0.137. The van der Waals surface area contributed by atoms with Crippen molar-refractivity contribution in [2.75, 3.05) is 17.3 Å². The maximum atomic E-state index is 12.5. The first-order valence-corrected chi connectivity index (χ1v) is 11.3. The Balaban J connectivity index is 1.61. The minimum Gasteiger partial charge on any atom is -0.348 e. The highest BCUT2D eigenvalue weighted by atomic mass is 32.2. The fourth-order valence-electron chi connectivity index (χ4n) is 3.57. The second-order valence-corrected chi connectivity index (χ2v) is 8.55. The fraction of sp³-hybridized carbons (Fsp3) is 0.391. The number of nitrogens with zero attached hydrogens (tertiary/aromatic N) is 1. The van der Waals surface area contributed by atoms with Gasteiger partial charge in [0.1, 0.15) is 0 Å². The van der Waals surface area contributed by atoms with Crippen LogP contribution in [0.2, 0.25) is 0 Å². The van der Waals surface area contributed by atoms with Gasteiger partial charge in [0.15, 0.2) is 0 Å². The average molecular weight is 449 g/mol. The average Bonchev–Trinajstić information content (AvgIpc) is 2.77. The van der Waals surface area contributed by atoms with Gasteiger partial charge in [-0.05, 0) is 60.6 Å². The van der Waals surface area contributed by atoms with Crippen LogP contribution in [0.3, 0.4) is 0 Å². The van der Waals surface area contributed by atoms with Crippen LogP contribution in [-0.2, 0) is 16.1 Å². The van der Waals surface area contributed by atoms with E-state index in [-0.39, 0.29) is 18.4 Å². The topological polar surface area (TPSA) is 58.6 Å². The predicted molar refractivity (Wildman–Crippen MR) is 118 cm³/mol. The molecule has 0 aliphatic carbocycles. The smallest absolute Gasteiger partial charge is 0.345 e. The normalized spacial score (nSPS) is 16.6. The summed E-state index contributed by atoms with van der Waals surface area (Å²) in [6, 6.07) is 14.2. The van der Waals surface area contributed by atoms with Crippen molar-refractivity contribution in [1.82, 2.24) is 5.32 Å². The van der Waals surface area contributed by atoms with Gasteiger partial charge in [0.2, 0.25) is 5.91 Å². The molecule has 2 amide bonds. The number of nitrogens with one attached hydrogen (secondary N) is 1.